The summed E-state index contributed by atoms with van der Waals surface area (Å²) in [4.78, 5) is 0. The molecule has 0 heterocycles. The van der Waals surface area contributed by atoms with Crippen LogP contribution in [0.1, 0.15) is 5.56 Å². The average Bonchev–Trinajstić information content (AvgIpc) is 2.06. The lowest BCUT2D eigenvalue weighted by Gasteiger charge is -2.18. The minimum absolute atomic E-state index is 0.141. The molecule has 0 fully saturated rings. The Hall–Kier alpha value is -0.860. The van der Waals surface area contributed by atoms with E-state index in [1.54, 1.807) is 7.11 Å². The zero-order valence-electron chi connectivity index (χ0n) is 7.29. The summed E-state index contributed by atoms with van der Waals surface area (Å²) in [6.07, 6.45) is 0.772. The molecule has 1 aromatic rings. The second kappa shape index (κ2) is 4.91. The third-order valence-electron chi connectivity index (χ3n) is 1.69. The van der Waals surface area contributed by atoms with Crippen LogP contribution in [0.3, 0.4) is 0 Å². The molecule has 0 saturated heterocycles. The van der Waals surface area contributed by atoms with Gasteiger partial charge in [-0.15, -0.1) is 6.04 Å². The fourth-order valence-corrected chi connectivity index (χ4v) is 1.16. The monoisotopic (exact) mass is 164 g/mol. The highest BCUT2D eigenvalue weighted by Gasteiger charge is 1.95. The van der Waals surface area contributed by atoms with Gasteiger partial charge in [-0.3, -0.25) is 0 Å². The summed E-state index contributed by atoms with van der Waals surface area (Å²) in [5.41, 5.74) is 8.79. The SMILES string of the molecule is COCC([NH-])Cc1ccccc1. The first-order valence-electron chi connectivity index (χ1n) is 4.07. The maximum Gasteiger partial charge on any atom is 0.0354 e. The zero-order chi connectivity index (χ0) is 8.81. The van der Waals surface area contributed by atoms with Crippen molar-refractivity contribution in [2.45, 2.75) is 12.5 Å². The molecule has 0 radical (unpaired) electrons. The number of hydrogen-bond donors (Lipinski definition) is 0. The van der Waals surface area contributed by atoms with E-state index in [2.05, 4.69) is 0 Å². The first kappa shape index (κ1) is 9.23. The molecule has 1 rings (SSSR count). The molecule has 0 aliphatic rings. The fraction of sp³-hybridized carbons (Fsp3) is 0.400. The van der Waals surface area contributed by atoms with Crippen LogP contribution in [0, 0.1) is 0 Å². The number of ether oxygens (including phenoxy) is 1. The summed E-state index contributed by atoms with van der Waals surface area (Å²) in [7, 11) is 1.63. The maximum absolute atomic E-state index is 7.58. The Kier molecular flexibility index (Phi) is 3.77. The highest BCUT2D eigenvalue weighted by molar-refractivity contribution is 5.16. The van der Waals surface area contributed by atoms with Crippen LogP contribution in [-0.4, -0.2) is 19.8 Å². The van der Waals surface area contributed by atoms with E-state index in [0.29, 0.717) is 6.61 Å². The summed E-state index contributed by atoms with van der Waals surface area (Å²) in [5.74, 6) is 0. The molecule has 0 bridgehead atoms. The van der Waals surface area contributed by atoms with Gasteiger partial charge in [0, 0.05) is 13.7 Å². The van der Waals surface area contributed by atoms with E-state index in [0.717, 1.165) is 6.42 Å². The van der Waals surface area contributed by atoms with Gasteiger partial charge in [-0.05, 0) is 12.0 Å². The van der Waals surface area contributed by atoms with Crippen molar-refractivity contribution in [1.29, 1.82) is 0 Å². The van der Waals surface area contributed by atoms with E-state index in [4.69, 9.17) is 10.5 Å². The van der Waals surface area contributed by atoms with Crippen molar-refractivity contribution in [3.05, 3.63) is 41.6 Å². The highest BCUT2D eigenvalue weighted by Crippen LogP contribution is 2.04. The molecule has 12 heavy (non-hydrogen) atoms. The third-order valence-corrected chi connectivity index (χ3v) is 1.69. The van der Waals surface area contributed by atoms with Crippen LogP contribution in [0.4, 0.5) is 0 Å². The molecule has 1 atom stereocenters. The normalized spacial score (nSPS) is 12.8. The average molecular weight is 164 g/mol. The topological polar surface area (TPSA) is 33.0 Å². The van der Waals surface area contributed by atoms with Crippen molar-refractivity contribution in [2.24, 2.45) is 0 Å². The molecule has 0 aliphatic carbocycles. The Balaban J connectivity index is 2.41. The van der Waals surface area contributed by atoms with Crippen molar-refractivity contribution in [2.75, 3.05) is 13.7 Å². The lowest BCUT2D eigenvalue weighted by Crippen LogP contribution is -2.12. The van der Waals surface area contributed by atoms with Gasteiger partial charge in [0.15, 0.2) is 0 Å². The standard InChI is InChI=1S/C10H14NO/c1-12-8-10(11)7-9-5-3-2-4-6-9/h2-6,10-11H,7-8H2,1H3/q-1. The zero-order valence-corrected chi connectivity index (χ0v) is 7.29. The van der Waals surface area contributed by atoms with E-state index in [1.165, 1.54) is 5.56 Å². The van der Waals surface area contributed by atoms with Crippen molar-refractivity contribution in [3.63, 3.8) is 0 Å². The first-order valence-corrected chi connectivity index (χ1v) is 4.07. The van der Waals surface area contributed by atoms with E-state index in [9.17, 15) is 0 Å². The van der Waals surface area contributed by atoms with Crippen molar-refractivity contribution in [3.8, 4) is 0 Å². The smallest absolute Gasteiger partial charge is 0.0354 e. The third kappa shape index (κ3) is 3.03. The van der Waals surface area contributed by atoms with E-state index in [-0.39, 0.29) is 6.04 Å². The predicted octanol–water partition coefficient (Wildman–Crippen LogP) is 2.30. The van der Waals surface area contributed by atoms with E-state index in [1.807, 2.05) is 30.3 Å². The van der Waals surface area contributed by atoms with Crippen LogP contribution in [-0.2, 0) is 11.2 Å². The van der Waals surface area contributed by atoms with E-state index >= 15 is 0 Å². The Morgan fingerprint density at radius 3 is 2.58 bits per heavy atom. The van der Waals surface area contributed by atoms with Crippen LogP contribution in [0.2, 0.25) is 0 Å². The minimum Gasteiger partial charge on any atom is -0.673 e. The number of benzene rings is 1. The number of hydrogen-bond acceptors (Lipinski definition) is 1. The Morgan fingerprint density at radius 1 is 1.33 bits per heavy atom. The number of nitrogens with one attached hydrogen (secondary N) is 1. The molecule has 0 spiro atoms. The van der Waals surface area contributed by atoms with Crippen LogP contribution in [0.5, 0.6) is 0 Å². The highest BCUT2D eigenvalue weighted by atomic mass is 16.5. The molecule has 2 heteroatoms. The summed E-state index contributed by atoms with van der Waals surface area (Å²) in [6, 6.07) is 9.91. The van der Waals surface area contributed by atoms with Gasteiger partial charge in [0.2, 0.25) is 0 Å². The van der Waals surface area contributed by atoms with Gasteiger partial charge in [0.1, 0.15) is 0 Å². The second-order valence-electron chi connectivity index (χ2n) is 2.84. The van der Waals surface area contributed by atoms with Gasteiger partial charge in [-0.2, -0.15) is 0 Å². The van der Waals surface area contributed by atoms with Gasteiger partial charge in [-0.1, -0.05) is 30.3 Å². The van der Waals surface area contributed by atoms with Gasteiger partial charge < -0.3 is 10.5 Å². The van der Waals surface area contributed by atoms with Crippen LogP contribution >= 0.6 is 0 Å². The lowest BCUT2D eigenvalue weighted by molar-refractivity contribution is 0.190. The summed E-state index contributed by atoms with van der Waals surface area (Å²) < 4.78 is 4.89. The molecule has 1 unspecified atom stereocenters. The number of methoxy groups -OCH3 is 1. The molecule has 0 saturated carbocycles. The molecule has 2 nitrogen and oxygen atoms in total. The van der Waals surface area contributed by atoms with Crippen molar-refractivity contribution >= 4 is 0 Å². The Labute approximate surface area is 73.3 Å². The largest absolute Gasteiger partial charge is 0.673 e. The minimum atomic E-state index is -0.141. The van der Waals surface area contributed by atoms with Gasteiger partial charge in [0.05, 0.1) is 0 Å². The molecular formula is C10H14NO-. The van der Waals surface area contributed by atoms with Crippen molar-refractivity contribution in [1.82, 2.24) is 0 Å². The Bertz CT molecular complexity index is 210. The molecule has 0 amide bonds. The molecule has 1 N–H and O–H groups in total. The molecule has 66 valence electrons. The Morgan fingerprint density at radius 2 is 2.00 bits per heavy atom. The van der Waals surface area contributed by atoms with Gasteiger partial charge >= 0.3 is 0 Å². The summed E-state index contributed by atoms with van der Waals surface area (Å²) in [6.45, 7) is 0.509. The number of rotatable bonds is 4. The van der Waals surface area contributed by atoms with Gasteiger partial charge in [0.25, 0.3) is 0 Å². The predicted molar refractivity (Wildman–Crippen MR) is 50.1 cm³/mol. The van der Waals surface area contributed by atoms with Gasteiger partial charge in [-0.25, -0.2) is 0 Å². The first-order chi connectivity index (χ1) is 5.83. The molecular weight excluding hydrogens is 150 g/mol. The van der Waals surface area contributed by atoms with Crippen LogP contribution in [0.15, 0.2) is 30.3 Å². The molecule has 0 aromatic heterocycles. The maximum atomic E-state index is 7.58. The van der Waals surface area contributed by atoms with Crippen molar-refractivity contribution < 1.29 is 4.74 Å². The van der Waals surface area contributed by atoms with E-state index < -0.39 is 0 Å². The summed E-state index contributed by atoms with van der Waals surface area (Å²) in [5, 5.41) is 0. The quantitative estimate of drug-likeness (QED) is 0.672. The van der Waals surface area contributed by atoms with Crippen LogP contribution < -0.4 is 0 Å². The molecule has 1 aromatic carbocycles. The lowest BCUT2D eigenvalue weighted by atomic mass is 10.1. The van der Waals surface area contributed by atoms with Crippen LogP contribution in [0.25, 0.3) is 5.73 Å². The molecule has 0 aliphatic heterocycles. The fourth-order valence-electron chi connectivity index (χ4n) is 1.16. The second-order valence-corrected chi connectivity index (χ2v) is 2.84. The summed E-state index contributed by atoms with van der Waals surface area (Å²) >= 11 is 0.